The van der Waals surface area contributed by atoms with E-state index < -0.39 is 35.7 Å². The molecule has 0 unspecified atom stereocenters. The summed E-state index contributed by atoms with van der Waals surface area (Å²) < 4.78 is 61.5. The van der Waals surface area contributed by atoms with Crippen molar-refractivity contribution < 1.29 is 21.2 Å². The van der Waals surface area contributed by atoms with Gasteiger partial charge in [0.05, 0.1) is 4.90 Å². The molecular formula is C10H15FN2O4S2. The molecule has 3 N–H and O–H groups in total. The quantitative estimate of drug-likeness (QED) is 0.821. The third-order valence-corrected chi connectivity index (χ3v) is 4.57. The van der Waals surface area contributed by atoms with E-state index in [1.165, 1.54) is 0 Å². The first kappa shape index (κ1) is 16.0. The molecule has 0 aliphatic heterocycles. The van der Waals surface area contributed by atoms with Gasteiger partial charge in [0.25, 0.3) is 0 Å². The van der Waals surface area contributed by atoms with E-state index in [0.717, 1.165) is 12.1 Å². The zero-order valence-corrected chi connectivity index (χ0v) is 12.1. The lowest BCUT2D eigenvalue weighted by Gasteiger charge is -2.10. The van der Waals surface area contributed by atoms with Gasteiger partial charge < -0.3 is 0 Å². The van der Waals surface area contributed by atoms with Gasteiger partial charge in [-0.3, -0.25) is 0 Å². The van der Waals surface area contributed by atoms with Crippen molar-refractivity contribution in [2.24, 2.45) is 11.1 Å². The summed E-state index contributed by atoms with van der Waals surface area (Å²) in [5.41, 5.74) is 0. The standard InChI is InChI=1S/C10H15FN2O4S2/c1-7(2)6-13-19(16,17)10-4-3-8(5-9(10)11)18(12,14)15/h3-5,7,13H,6H2,1-2H3,(H2,12,14,15). The fraction of sp³-hybridized carbons (Fsp3) is 0.400. The van der Waals surface area contributed by atoms with Gasteiger partial charge in [-0.1, -0.05) is 13.8 Å². The molecule has 0 fully saturated rings. The van der Waals surface area contributed by atoms with E-state index in [2.05, 4.69) is 4.72 Å². The Bertz CT molecular complexity index is 669. The Balaban J connectivity index is 3.16. The van der Waals surface area contributed by atoms with E-state index in [1.807, 2.05) is 0 Å². The molecule has 1 aromatic rings. The van der Waals surface area contributed by atoms with Gasteiger partial charge in [0.2, 0.25) is 20.0 Å². The van der Waals surface area contributed by atoms with Gasteiger partial charge in [-0.2, -0.15) is 0 Å². The van der Waals surface area contributed by atoms with Crippen LogP contribution in [0.25, 0.3) is 0 Å². The molecule has 0 aromatic heterocycles. The van der Waals surface area contributed by atoms with Crippen molar-refractivity contribution in [3.05, 3.63) is 24.0 Å². The second kappa shape index (κ2) is 5.53. The van der Waals surface area contributed by atoms with Crippen LogP contribution in [0.3, 0.4) is 0 Å². The van der Waals surface area contributed by atoms with Crippen molar-refractivity contribution in [3.8, 4) is 0 Å². The van der Waals surface area contributed by atoms with Gasteiger partial charge in [-0.15, -0.1) is 0 Å². The normalized spacial score (nSPS) is 12.9. The highest BCUT2D eigenvalue weighted by molar-refractivity contribution is 7.89. The minimum absolute atomic E-state index is 0.0570. The predicted molar refractivity (Wildman–Crippen MR) is 67.8 cm³/mol. The summed E-state index contributed by atoms with van der Waals surface area (Å²) in [6.45, 7) is 3.74. The third kappa shape index (κ3) is 4.23. The van der Waals surface area contributed by atoms with Crippen LogP contribution < -0.4 is 9.86 Å². The zero-order valence-electron chi connectivity index (χ0n) is 10.4. The van der Waals surface area contributed by atoms with Crippen molar-refractivity contribution in [1.29, 1.82) is 0 Å². The van der Waals surface area contributed by atoms with Crippen LogP contribution in [-0.2, 0) is 20.0 Å². The van der Waals surface area contributed by atoms with Gasteiger partial charge in [0, 0.05) is 6.54 Å². The van der Waals surface area contributed by atoms with Gasteiger partial charge in [-0.25, -0.2) is 31.1 Å². The molecule has 1 rings (SSSR count). The number of sulfonamides is 2. The van der Waals surface area contributed by atoms with Crippen LogP contribution in [0.4, 0.5) is 4.39 Å². The minimum atomic E-state index is -4.07. The van der Waals surface area contributed by atoms with Crippen LogP contribution in [0.1, 0.15) is 13.8 Å². The van der Waals surface area contributed by atoms with E-state index in [4.69, 9.17) is 5.14 Å². The topological polar surface area (TPSA) is 106 Å². The molecule has 0 aliphatic carbocycles. The highest BCUT2D eigenvalue weighted by atomic mass is 32.2. The average molecular weight is 310 g/mol. The number of benzene rings is 1. The third-order valence-electron chi connectivity index (χ3n) is 2.20. The van der Waals surface area contributed by atoms with Gasteiger partial charge in [-0.05, 0) is 24.1 Å². The number of primary sulfonamides is 1. The number of nitrogens with one attached hydrogen (secondary N) is 1. The van der Waals surface area contributed by atoms with E-state index in [0.29, 0.717) is 6.07 Å². The lowest BCUT2D eigenvalue weighted by atomic mass is 10.2. The highest BCUT2D eigenvalue weighted by Crippen LogP contribution is 2.18. The largest absolute Gasteiger partial charge is 0.243 e. The second-order valence-electron chi connectivity index (χ2n) is 4.38. The maximum Gasteiger partial charge on any atom is 0.243 e. The van der Waals surface area contributed by atoms with Crippen LogP contribution in [-0.4, -0.2) is 23.4 Å². The summed E-state index contributed by atoms with van der Waals surface area (Å²) in [6, 6.07) is 2.40. The first-order valence-corrected chi connectivity index (χ1v) is 8.39. The van der Waals surface area contributed by atoms with Crippen LogP contribution in [0.2, 0.25) is 0 Å². The Kier molecular flexibility index (Phi) is 4.67. The molecule has 0 aliphatic rings. The van der Waals surface area contributed by atoms with Crippen molar-refractivity contribution in [1.82, 2.24) is 4.72 Å². The van der Waals surface area contributed by atoms with Crippen LogP contribution in [0, 0.1) is 11.7 Å². The molecule has 6 nitrogen and oxygen atoms in total. The van der Waals surface area contributed by atoms with Crippen LogP contribution in [0.5, 0.6) is 0 Å². The van der Waals surface area contributed by atoms with E-state index in [-0.39, 0.29) is 12.5 Å². The molecular weight excluding hydrogens is 295 g/mol. The molecule has 0 atom stereocenters. The number of nitrogens with two attached hydrogens (primary N) is 1. The molecule has 1 aromatic carbocycles. The average Bonchev–Trinajstić information content (AvgIpc) is 2.25. The van der Waals surface area contributed by atoms with Crippen molar-refractivity contribution in [3.63, 3.8) is 0 Å². The van der Waals surface area contributed by atoms with Gasteiger partial charge in [0.1, 0.15) is 10.7 Å². The molecule has 0 radical (unpaired) electrons. The Labute approximate surface area is 111 Å². The van der Waals surface area contributed by atoms with Crippen LogP contribution in [0.15, 0.2) is 28.0 Å². The molecule has 0 amide bonds. The summed E-state index contributed by atoms with van der Waals surface area (Å²) in [4.78, 5) is -1.09. The highest BCUT2D eigenvalue weighted by Gasteiger charge is 2.21. The molecule has 0 bridgehead atoms. The Morgan fingerprint density at radius 2 is 1.84 bits per heavy atom. The van der Waals surface area contributed by atoms with E-state index in [1.54, 1.807) is 13.8 Å². The SMILES string of the molecule is CC(C)CNS(=O)(=O)c1ccc(S(N)(=O)=O)cc1F. The maximum atomic E-state index is 13.7. The molecule has 0 spiro atoms. The zero-order chi connectivity index (χ0) is 14.8. The number of halogens is 1. The molecule has 9 heteroatoms. The summed E-state index contributed by atoms with van der Waals surface area (Å²) in [5, 5.41) is 4.82. The van der Waals surface area contributed by atoms with Crippen LogP contribution >= 0.6 is 0 Å². The van der Waals surface area contributed by atoms with Gasteiger partial charge >= 0.3 is 0 Å². The molecule has 108 valence electrons. The molecule has 19 heavy (non-hydrogen) atoms. The Morgan fingerprint density at radius 3 is 2.26 bits per heavy atom. The molecule has 0 heterocycles. The summed E-state index contributed by atoms with van der Waals surface area (Å²) >= 11 is 0. The molecule has 0 saturated carbocycles. The summed E-state index contributed by atoms with van der Waals surface area (Å²) in [5.74, 6) is -1.11. The number of rotatable bonds is 5. The Hall–Kier alpha value is -1.03. The second-order valence-corrected chi connectivity index (χ2v) is 7.68. The smallest absolute Gasteiger partial charge is 0.225 e. The van der Waals surface area contributed by atoms with Crippen molar-refractivity contribution in [2.45, 2.75) is 23.6 Å². The molecule has 0 saturated heterocycles. The first-order chi connectivity index (χ1) is 8.54. The first-order valence-electron chi connectivity index (χ1n) is 5.36. The van der Waals surface area contributed by atoms with Crippen molar-refractivity contribution in [2.75, 3.05) is 6.54 Å². The summed E-state index contributed by atoms with van der Waals surface area (Å²) in [6.07, 6.45) is 0. The maximum absolute atomic E-state index is 13.7. The Morgan fingerprint density at radius 1 is 1.26 bits per heavy atom. The predicted octanol–water partition coefficient (Wildman–Crippen LogP) is 0.407. The van der Waals surface area contributed by atoms with Crippen molar-refractivity contribution >= 4 is 20.0 Å². The lowest BCUT2D eigenvalue weighted by Crippen LogP contribution is -2.28. The fourth-order valence-electron chi connectivity index (χ4n) is 1.23. The fourth-order valence-corrected chi connectivity index (χ4v) is 3.03. The summed E-state index contributed by atoms with van der Waals surface area (Å²) in [7, 11) is -8.08. The van der Waals surface area contributed by atoms with Gasteiger partial charge in [0.15, 0.2) is 0 Å². The number of hydrogen-bond acceptors (Lipinski definition) is 4. The monoisotopic (exact) mass is 310 g/mol. The van der Waals surface area contributed by atoms with E-state index >= 15 is 0 Å². The minimum Gasteiger partial charge on any atom is -0.225 e. The lowest BCUT2D eigenvalue weighted by molar-refractivity contribution is 0.541. The number of hydrogen-bond donors (Lipinski definition) is 2. The van der Waals surface area contributed by atoms with E-state index in [9.17, 15) is 21.2 Å².